The molecule has 1 atom stereocenters. The molecule has 1 N–H and O–H groups in total. The summed E-state index contributed by atoms with van der Waals surface area (Å²) in [5.74, 6) is 2.31. The fourth-order valence-electron chi connectivity index (χ4n) is 3.52. The summed E-state index contributed by atoms with van der Waals surface area (Å²) in [4.78, 5) is 8.88. The molecule has 4 rings (SSSR count). The molecule has 0 radical (unpaired) electrons. The average molecular weight is 408 g/mol. The van der Waals surface area contributed by atoms with E-state index in [0.717, 1.165) is 46.6 Å². The SMILES string of the molecule is CC(C)CCNc1ncnc2ccc(-c3cccc(OC(C)C4OCCO4)c3)cc12. The first-order valence-corrected chi connectivity index (χ1v) is 10.6. The molecule has 6 heteroatoms. The van der Waals surface area contributed by atoms with Crippen molar-refractivity contribution >= 4 is 16.7 Å². The Kier molecular flexibility index (Phi) is 6.45. The van der Waals surface area contributed by atoms with E-state index in [1.165, 1.54) is 0 Å². The first kappa shape index (κ1) is 20.6. The van der Waals surface area contributed by atoms with E-state index in [4.69, 9.17) is 14.2 Å². The monoisotopic (exact) mass is 407 g/mol. The Labute approximate surface area is 177 Å². The fourth-order valence-corrected chi connectivity index (χ4v) is 3.52. The summed E-state index contributed by atoms with van der Waals surface area (Å²) in [6.45, 7) is 8.53. The number of hydrogen-bond acceptors (Lipinski definition) is 6. The highest BCUT2D eigenvalue weighted by Gasteiger charge is 2.24. The van der Waals surface area contributed by atoms with Gasteiger partial charge in [0.2, 0.25) is 0 Å². The lowest BCUT2D eigenvalue weighted by Gasteiger charge is -2.20. The zero-order valence-corrected chi connectivity index (χ0v) is 17.8. The van der Waals surface area contributed by atoms with Crippen LogP contribution in [-0.2, 0) is 9.47 Å². The quantitative estimate of drug-likeness (QED) is 0.573. The minimum atomic E-state index is -0.314. The molecule has 0 amide bonds. The predicted octanol–water partition coefficient (Wildman–Crippen LogP) is 4.90. The summed E-state index contributed by atoms with van der Waals surface area (Å²) in [5, 5.41) is 4.48. The van der Waals surface area contributed by atoms with Crippen molar-refractivity contribution in [1.82, 2.24) is 9.97 Å². The Hall–Kier alpha value is -2.70. The lowest BCUT2D eigenvalue weighted by molar-refractivity contribution is -0.104. The fraction of sp³-hybridized carbons (Fsp3) is 0.417. The van der Waals surface area contributed by atoms with Crippen LogP contribution in [-0.4, -0.2) is 42.1 Å². The number of aromatic nitrogens is 2. The van der Waals surface area contributed by atoms with Gasteiger partial charge in [0, 0.05) is 11.9 Å². The molecule has 0 aliphatic carbocycles. The van der Waals surface area contributed by atoms with Crippen molar-refractivity contribution in [2.45, 2.75) is 39.6 Å². The number of benzene rings is 2. The minimum Gasteiger partial charge on any atom is -0.485 e. The van der Waals surface area contributed by atoms with Crippen molar-refractivity contribution in [3.8, 4) is 16.9 Å². The lowest BCUT2D eigenvalue weighted by Crippen LogP contribution is -2.29. The largest absolute Gasteiger partial charge is 0.485 e. The van der Waals surface area contributed by atoms with Gasteiger partial charge >= 0.3 is 0 Å². The molecular weight excluding hydrogens is 378 g/mol. The topological polar surface area (TPSA) is 65.5 Å². The average Bonchev–Trinajstić information content (AvgIpc) is 3.29. The molecule has 3 aromatic rings. The van der Waals surface area contributed by atoms with E-state index < -0.39 is 0 Å². The van der Waals surface area contributed by atoms with Gasteiger partial charge in [-0.1, -0.05) is 32.0 Å². The van der Waals surface area contributed by atoms with Crippen LogP contribution < -0.4 is 10.1 Å². The molecule has 0 saturated carbocycles. The van der Waals surface area contributed by atoms with Gasteiger partial charge in [0.1, 0.15) is 24.0 Å². The maximum absolute atomic E-state index is 6.06. The van der Waals surface area contributed by atoms with Gasteiger partial charge in [-0.3, -0.25) is 0 Å². The van der Waals surface area contributed by atoms with Crippen molar-refractivity contribution in [2.75, 3.05) is 25.1 Å². The molecule has 158 valence electrons. The van der Waals surface area contributed by atoms with Gasteiger partial charge in [0.15, 0.2) is 6.29 Å². The van der Waals surface area contributed by atoms with Gasteiger partial charge in [-0.2, -0.15) is 0 Å². The van der Waals surface area contributed by atoms with Crippen LogP contribution in [0.1, 0.15) is 27.2 Å². The maximum atomic E-state index is 6.06. The second kappa shape index (κ2) is 9.41. The van der Waals surface area contributed by atoms with Crippen LogP contribution in [0, 0.1) is 5.92 Å². The molecule has 1 aliphatic rings. The van der Waals surface area contributed by atoms with Gasteiger partial charge in [-0.05, 0) is 54.7 Å². The highest BCUT2D eigenvalue weighted by Crippen LogP contribution is 2.29. The Bertz CT molecular complexity index is 986. The number of anilines is 1. The molecule has 1 fully saturated rings. The standard InChI is InChI=1S/C24H29N3O3/c1-16(2)9-10-25-23-21-14-19(7-8-22(21)26-15-27-23)18-5-4-6-20(13-18)30-17(3)24-28-11-12-29-24/h4-8,13-17,24H,9-12H2,1-3H3,(H,25,26,27). The summed E-state index contributed by atoms with van der Waals surface area (Å²) >= 11 is 0. The van der Waals surface area contributed by atoms with E-state index in [2.05, 4.69) is 47.3 Å². The Balaban J connectivity index is 1.56. The van der Waals surface area contributed by atoms with Gasteiger partial charge in [0.05, 0.1) is 18.7 Å². The third kappa shape index (κ3) is 4.89. The summed E-state index contributed by atoms with van der Waals surface area (Å²) < 4.78 is 17.1. The molecule has 0 bridgehead atoms. The summed E-state index contributed by atoms with van der Waals surface area (Å²) in [6.07, 6.45) is 2.22. The van der Waals surface area contributed by atoms with E-state index in [9.17, 15) is 0 Å². The molecule has 1 unspecified atom stereocenters. The normalized spacial score (nSPS) is 15.6. The van der Waals surface area contributed by atoms with E-state index in [1.807, 2.05) is 31.2 Å². The molecule has 6 nitrogen and oxygen atoms in total. The number of hydrogen-bond donors (Lipinski definition) is 1. The van der Waals surface area contributed by atoms with Crippen molar-refractivity contribution in [3.05, 3.63) is 48.8 Å². The van der Waals surface area contributed by atoms with Crippen LogP contribution in [0.4, 0.5) is 5.82 Å². The van der Waals surface area contributed by atoms with E-state index >= 15 is 0 Å². The second-order valence-electron chi connectivity index (χ2n) is 8.02. The molecule has 1 saturated heterocycles. The van der Waals surface area contributed by atoms with Crippen molar-refractivity contribution < 1.29 is 14.2 Å². The highest BCUT2D eigenvalue weighted by molar-refractivity contribution is 5.92. The number of fused-ring (bicyclic) bond motifs is 1. The Morgan fingerprint density at radius 2 is 1.83 bits per heavy atom. The van der Waals surface area contributed by atoms with Gasteiger partial charge in [0.25, 0.3) is 0 Å². The van der Waals surface area contributed by atoms with Gasteiger partial charge in [-0.15, -0.1) is 0 Å². The van der Waals surface area contributed by atoms with Crippen LogP contribution in [0.5, 0.6) is 5.75 Å². The van der Waals surface area contributed by atoms with Crippen LogP contribution in [0.3, 0.4) is 0 Å². The molecule has 2 aromatic carbocycles. The van der Waals surface area contributed by atoms with Crippen molar-refractivity contribution in [3.63, 3.8) is 0 Å². The van der Waals surface area contributed by atoms with Gasteiger partial charge in [-0.25, -0.2) is 9.97 Å². The van der Waals surface area contributed by atoms with E-state index in [-0.39, 0.29) is 12.4 Å². The number of ether oxygens (including phenoxy) is 3. The predicted molar refractivity (Wildman–Crippen MR) is 119 cm³/mol. The molecule has 2 heterocycles. The molecular formula is C24H29N3O3. The number of nitrogens with one attached hydrogen (secondary N) is 1. The van der Waals surface area contributed by atoms with Crippen LogP contribution in [0.2, 0.25) is 0 Å². The number of nitrogens with zero attached hydrogens (tertiary/aromatic N) is 2. The molecule has 1 aromatic heterocycles. The minimum absolute atomic E-state index is 0.176. The smallest absolute Gasteiger partial charge is 0.194 e. The van der Waals surface area contributed by atoms with Crippen LogP contribution in [0.15, 0.2) is 48.8 Å². The number of rotatable bonds is 8. The third-order valence-corrected chi connectivity index (χ3v) is 5.17. The van der Waals surface area contributed by atoms with E-state index in [0.29, 0.717) is 19.1 Å². The Morgan fingerprint density at radius 3 is 2.63 bits per heavy atom. The Morgan fingerprint density at radius 1 is 1.03 bits per heavy atom. The summed E-state index contributed by atoms with van der Waals surface area (Å²) in [6, 6.07) is 14.3. The highest BCUT2D eigenvalue weighted by atomic mass is 16.7. The molecule has 1 aliphatic heterocycles. The zero-order valence-electron chi connectivity index (χ0n) is 17.8. The van der Waals surface area contributed by atoms with Crippen molar-refractivity contribution in [2.24, 2.45) is 5.92 Å². The van der Waals surface area contributed by atoms with Crippen LogP contribution in [0.25, 0.3) is 22.0 Å². The lowest BCUT2D eigenvalue weighted by atomic mass is 10.0. The summed E-state index contributed by atoms with van der Waals surface area (Å²) in [7, 11) is 0. The zero-order chi connectivity index (χ0) is 20.9. The van der Waals surface area contributed by atoms with E-state index in [1.54, 1.807) is 6.33 Å². The first-order valence-electron chi connectivity index (χ1n) is 10.6. The second-order valence-corrected chi connectivity index (χ2v) is 8.02. The summed E-state index contributed by atoms with van der Waals surface area (Å²) in [5.41, 5.74) is 3.10. The molecule has 0 spiro atoms. The third-order valence-electron chi connectivity index (χ3n) is 5.17. The first-order chi connectivity index (χ1) is 14.6. The molecule has 30 heavy (non-hydrogen) atoms. The van der Waals surface area contributed by atoms with Crippen molar-refractivity contribution in [1.29, 1.82) is 0 Å². The van der Waals surface area contributed by atoms with Crippen LogP contribution >= 0.6 is 0 Å². The van der Waals surface area contributed by atoms with Gasteiger partial charge < -0.3 is 19.5 Å². The maximum Gasteiger partial charge on any atom is 0.194 e.